The molecule has 0 saturated carbocycles. The van der Waals surface area contributed by atoms with E-state index in [0.717, 1.165) is 31.5 Å². The zero-order valence-corrected chi connectivity index (χ0v) is 10.5. The smallest absolute Gasteiger partial charge is 0.142 e. The summed E-state index contributed by atoms with van der Waals surface area (Å²) in [4.78, 5) is 2.31. The van der Waals surface area contributed by atoms with Gasteiger partial charge in [0.05, 0.1) is 5.02 Å². The molecule has 0 saturated heterocycles. The van der Waals surface area contributed by atoms with Crippen molar-refractivity contribution in [3.63, 3.8) is 0 Å². The summed E-state index contributed by atoms with van der Waals surface area (Å²) >= 11 is 5.87. The molecule has 1 atom stereocenters. The SMILES string of the molecule is CCC1CN(C)CCc2cc(F)c(Cl)cc21. The summed E-state index contributed by atoms with van der Waals surface area (Å²) in [6, 6.07) is 3.43. The third-order valence-corrected chi connectivity index (χ3v) is 3.70. The van der Waals surface area contributed by atoms with Crippen LogP contribution >= 0.6 is 11.6 Å². The molecule has 1 aromatic carbocycles. The van der Waals surface area contributed by atoms with E-state index in [1.165, 1.54) is 5.56 Å². The Kier molecular flexibility index (Phi) is 3.50. The van der Waals surface area contributed by atoms with Crippen molar-refractivity contribution in [3.8, 4) is 0 Å². The first-order chi connectivity index (χ1) is 7.61. The molecule has 2 rings (SSSR count). The van der Waals surface area contributed by atoms with Gasteiger partial charge in [0.1, 0.15) is 5.82 Å². The first-order valence-electron chi connectivity index (χ1n) is 5.78. The predicted octanol–water partition coefficient (Wildman–Crippen LogP) is 3.46. The fraction of sp³-hybridized carbons (Fsp3) is 0.538. The number of hydrogen-bond donors (Lipinski definition) is 0. The summed E-state index contributed by atoms with van der Waals surface area (Å²) in [5.41, 5.74) is 2.36. The van der Waals surface area contributed by atoms with E-state index in [-0.39, 0.29) is 10.8 Å². The van der Waals surface area contributed by atoms with E-state index in [1.54, 1.807) is 6.07 Å². The summed E-state index contributed by atoms with van der Waals surface area (Å²) in [5.74, 6) is 0.181. The zero-order chi connectivity index (χ0) is 11.7. The van der Waals surface area contributed by atoms with Crippen molar-refractivity contribution in [2.24, 2.45) is 0 Å². The second kappa shape index (κ2) is 4.72. The van der Waals surface area contributed by atoms with E-state index in [9.17, 15) is 4.39 Å². The highest BCUT2D eigenvalue weighted by Crippen LogP contribution is 2.31. The summed E-state index contributed by atoms with van der Waals surface area (Å²) in [6.07, 6.45) is 1.98. The summed E-state index contributed by atoms with van der Waals surface area (Å²) in [7, 11) is 2.12. The van der Waals surface area contributed by atoms with Gasteiger partial charge in [-0.25, -0.2) is 4.39 Å². The molecular formula is C13H17ClFN. The molecular weight excluding hydrogens is 225 g/mol. The van der Waals surface area contributed by atoms with Crippen molar-refractivity contribution in [3.05, 3.63) is 34.1 Å². The maximum Gasteiger partial charge on any atom is 0.142 e. The maximum atomic E-state index is 13.4. The highest BCUT2D eigenvalue weighted by Gasteiger charge is 2.21. The first kappa shape index (κ1) is 11.9. The Morgan fingerprint density at radius 2 is 2.25 bits per heavy atom. The first-order valence-corrected chi connectivity index (χ1v) is 6.16. The molecule has 0 N–H and O–H groups in total. The Morgan fingerprint density at radius 3 is 2.94 bits per heavy atom. The molecule has 1 aromatic rings. The normalized spacial score (nSPS) is 21.6. The van der Waals surface area contributed by atoms with Gasteiger partial charge in [-0.05, 0) is 49.1 Å². The average Bonchev–Trinajstić information content (AvgIpc) is 2.40. The lowest BCUT2D eigenvalue weighted by molar-refractivity contribution is 0.322. The molecule has 0 amide bonds. The second-order valence-electron chi connectivity index (χ2n) is 4.58. The Labute approximate surface area is 101 Å². The van der Waals surface area contributed by atoms with Crippen molar-refractivity contribution in [1.82, 2.24) is 4.90 Å². The van der Waals surface area contributed by atoms with Crippen molar-refractivity contribution < 1.29 is 4.39 Å². The minimum atomic E-state index is -0.292. The van der Waals surface area contributed by atoms with Crippen LogP contribution in [-0.2, 0) is 6.42 Å². The zero-order valence-electron chi connectivity index (χ0n) is 9.76. The van der Waals surface area contributed by atoms with Crippen molar-refractivity contribution in [1.29, 1.82) is 0 Å². The van der Waals surface area contributed by atoms with Crippen LogP contribution in [0.3, 0.4) is 0 Å². The number of rotatable bonds is 1. The molecule has 0 spiro atoms. The van der Waals surface area contributed by atoms with E-state index in [2.05, 4.69) is 18.9 Å². The molecule has 1 aliphatic rings. The van der Waals surface area contributed by atoms with E-state index in [4.69, 9.17) is 11.6 Å². The van der Waals surface area contributed by atoms with Crippen LogP contribution in [-0.4, -0.2) is 25.0 Å². The highest BCUT2D eigenvalue weighted by molar-refractivity contribution is 6.30. The van der Waals surface area contributed by atoms with Gasteiger partial charge >= 0.3 is 0 Å². The van der Waals surface area contributed by atoms with Crippen LogP contribution in [0.5, 0.6) is 0 Å². The number of hydrogen-bond acceptors (Lipinski definition) is 1. The Bertz CT molecular complexity index is 392. The van der Waals surface area contributed by atoms with Crippen molar-refractivity contribution in [2.75, 3.05) is 20.1 Å². The Morgan fingerprint density at radius 1 is 1.50 bits per heavy atom. The lowest BCUT2D eigenvalue weighted by Crippen LogP contribution is -2.23. The van der Waals surface area contributed by atoms with E-state index < -0.39 is 0 Å². The van der Waals surface area contributed by atoms with Crippen LogP contribution in [0.4, 0.5) is 4.39 Å². The van der Waals surface area contributed by atoms with Crippen molar-refractivity contribution >= 4 is 11.6 Å². The fourth-order valence-electron chi connectivity index (χ4n) is 2.43. The number of halogens is 2. The molecule has 16 heavy (non-hydrogen) atoms. The summed E-state index contributed by atoms with van der Waals surface area (Å²) < 4.78 is 13.4. The third kappa shape index (κ3) is 2.23. The van der Waals surface area contributed by atoms with Crippen LogP contribution in [0.2, 0.25) is 5.02 Å². The van der Waals surface area contributed by atoms with Gasteiger partial charge in [0.2, 0.25) is 0 Å². The van der Waals surface area contributed by atoms with Gasteiger partial charge in [-0.3, -0.25) is 0 Å². The minimum absolute atomic E-state index is 0.252. The molecule has 0 radical (unpaired) electrons. The molecule has 1 heterocycles. The topological polar surface area (TPSA) is 3.24 Å². The van der Waals surface area contributed by atoms with Crippen molar-refractivity contribution in [2.45, 2.75) is 25.7 Å². The minimum Gasteiger partial charge on any atom is -0.305 e. The van der Waals surface area contributed by atoms with Gasteiger partial charge in [0, 0.05) is 13.1 Å². The lowest BCUT2D eigenvalue weighted by atomic mass is 9.92. The Balaban J connectivity index is 2.45. The number of nitrogens with zero attached hydrogens (tertiary/aromatic N) is 1. The average molecular weight is 242 g/mol. The summed E-state index contributed by atoms with van der Waals surface area (Å²) in [6.45, 7) is 4.20. The van der Waals surface area contributed by atoms with E-state index in [0.29, 0.717) is 5.92 Å². The molecule has 0 aromatic heterocycles. The molecule has 88 valence electrons. The lowest BCUT2D eigenvalue weighted by Gasteiger charge is -2.20. The van der Waals surface area contributed by atoms with Crippen LogP contribution < -0.4 is 0 Å². The molecule has 1 nitrogen and oxygen atoms in total. The quantitative estimate of drug-likeness (QED) is 0.728. The number of benzene rings is 1. The molecule has 0 aliphatic carbocycles. The molecule has 3 heteroatoms. The summed E-state index contributed by atoms with van der Waals surface area (Å²) in [5, 5.41) is 0.252. The van der Waals surface area contributed by atoms with Crippen LogP contribution in [0, 0.1) is 5.82 Å². The van der Waals surface area contributed by atoms with E-state index in [1.807, 2.05) is 6.07 Å². The highest BCUT2D eigenvalue weighted by atomic mass is 35.5. The second-order valence-corrected chi connectivity index (χ2v) is 4.99. The van der Waals surface area contributed by atoms with Gasteiger partial charge in [-0.2, -0.15) is 0 Å². The van der Waals surface area contributed by atoms with Gasteiger partial charge in [0.25, 0.3) is 0 Å². The number of fused-ring (bicyclic) bond motifs is 1. The monoisotopic (exact) mass is 241 g/mol. The molecule has 1 aliphatic heterocycles. The third-order valence-electron chi connectivity index (χ3n) is 3.41. The maximum absolute atomic E-state index is 13.4. The largest absolute Gasteiger partial charge is 0.305 e. The van der Waals surface area contributed by atoms with Crippen LogP contribution in [0.1, 0.15) is 30.4 Å². The van der Waals surface area contributed by atoms with E-state index >= 15 is 0 Å². The van der Waals surface area contributed by atoms with Gasteiger partial charge in [-0.15, -0.1) is 0 Å². The standard InChI is InChI=1S/C13H17ClFN/c1-3-9-8-16(2)5-4-10-6-13(15)12(14)7-11(9)10/h6-7,9H,3-5,8H2,1-2H3. The molecule has 0 bridgehead atoms. The van der Waals surface area contributed by atoms with Gasteiger partial charge < -0.3 is 4.90 Å². The Hall–Kier alpha value is -0.600. The van der Waals surface area contributed by atoms with Crippen LogP contribution in [0.25, 0.3) is 0 Å². The van der Waals surface area contributed by atoms with Crippen LogP contribution in [0.15, 0.2) is 12.1 Å². The number of likely N-dealkylation sites (N-methyl/N-ethyl adjacent to an activating group) is 1. The molecule has 0 fully saturated rings. The van der Waals surface area contributed by atoms with Gasteiger partial charge in [0.15, 0.2) is 0 Å². The van der Waals surface area contributed by atoms with Gasteiger partial charge in [-0.1, -0.05) is 18.5 Å². The fourth-order valence-corrected chi connectivity index (χ4v) is 2.60. The predicted molar refractivity (Wildman–Crippen MR) is 65.6 cm³/mol. The molecule has 1 unspecified atom stereocenters.